The van der Waals surface area contributed by atoms with Crippen molar-refractivity contribution >= 4 is 37.5 Å². The van der Waals surface area contributed by atoms with E-state index in [0.717, 1.165) is 20.2 Å². The number of anilines is 1. The van der Waals surface area contributed by atoms with Crippen molar-refractivity contribution < 1.29 is 4.39 Å². The van der Waals surface area contributed by atoms with Crippen LogP contribution in [0.2, 0.25) is 0 Å². The molecular weight excluding hydrogens is 373 g/mol. The second-order valence-corrected chi connectivity index (χ2v) is 6.23. The van der Waals surface area contributed by atoms with Crippen LogP contribution < -0.4 is 5.32 Å². The summed E-state index contributed by atoms with van der Waals surface area (Å²) in [5.41, 5.74) is 3.22. The average molecular weight is 387 g/mol. The molecule has 1 nitrogen and oxygen atoms in total. The van der Waals surface area contributed by atoms with E-state index in [1.807, 2.05) is 13.8 Å². The first-order valence-electron chi connectivity index (χ1n) is 5.95. The van der Waals surface area contributed by atoms with E-state index in [1.165, 1.54) is 17.7 Å². The van der Waals surface area contributed by atoms with E-state index >= 15 is 0 Å². The third-order valence-electron chi connectivity index (χ3n) is 2.92. The van der Waals surface area contributed by atoms with Crippen LogP contribution in [0.15, 0.2) is 45.3 Å². The first kappa shape index (κ1) is 14.5. The van der Waals surface area contributed by atoms with Gasteiger partial charge in [-0.3, -0.25) is 0 Å². The molecular formula is C15H14Br2FN. The fraction of sp³-hybridized carbons (Fsp3) is 0.200. The molecule has 0 fully saturated rings. The predicted molar refractivity (Wildman–Crippen MR) is 85.0 cm³/mol. The molecule has 0 heterocycles. The third-order valence-corrected chi connectivity index (χ3v) is 4.17. The quantitative estimate of drug-likeness (QED) is 0.699. The van der Waals surface area contributed by atoms with Gasteiger partial charge < -0.3 is 5.32 Å². The minimum absolute atomic E-state index is 0.0934. The van der Waals surface area contributed by atoms with E-state index in [1.54, 1.807) is 12.1 Å². The van der Waals surface area contributed by atoms with E-state index < -0.39 is 0 Å². The second kappa shape index (κ2) is 6.06. The highest BCUT2D eigenvalue weighted by Gasteiger charge is 2.11. The molecule has 0 aromatic heterocycles. The largest absolute Gasteiger partial charge is 0.377 e. The number of rotatable bonds is 3. The summed E-state index contributed by atoms with van der Waals surface area (Å²) in [7, 11) is 0. The zero-order valence-corrected chi connectivity index (χ0v) is 13.8. The van der Waals surface area contributed by atoms with Crippen LogP contribution in [-0.4, -0.2) is 0 Å². The molecule has 0 aliphatic rings. The molecule has 0 saturated carbocycles. The zero-order chi connectivity index (χ0) is 14.0. The Labute approximate surface area is 129 Å². The SMILES string of the molecule is Cc1cc(Br)c(NC(C)c2ccc(F)cc2)c(Br)c1. The van der Waals surface area contributed by atoms with E-state index in [9.17, 15) is 4.39 Å². The van der Waals surface area contributed by atoms with Crippen molar-refractivity contribution in [1.82, 2.24) is 0 Å². The highest BCUT2D eigenvalue weighted by molar-refractivity contribution is 9.11. The molecule has 1 atom stereocenters. The molecule has 0 spiro atoms. The van der Waals surface area contributed by atoms with E-state index in [0.29, 0.717) is 0 Å². The van der Waals surface area contributed by atoms with Gasteiger partial charge in [0.05, 0.1) is 5.69 Å². The topological polar surface area (TPSA) is 12.0 Å². The highest BCUT2D eigenvalue weighted by atomic mass is 79.9. The zero-order valence-electron chi connectivity index (χ0n) is 10.7. The number of nitrogens with one attached hydrogen (secondary N) is 1. The molecule has 0 saturated heterocycles. The third kappa shape index (κ3) is 3.57. The van der Waals surface area contributed by atoms with E-state index in [2.05, 4.69) is 49.3 Å². The predicted octanol–water partition coefficient (Wildman–Crippen LogP) is 5.83. The van der Waals surface area contributed by atoms with Gasteiger partial charge in [-0.05, 0) is 81.1 Å². The maximum Gasteiger partial charge on any atom is 0.123 e. The number of aryl methyl sites for hydroxylation is 1. The van der Waals surface area contributed by atoms with Crippen LogP contribution in [0.3, 0.4) is 0 Å². The van der Waals surface area contributed by atoms with Gasteiger partial charge in [-0.1, -0.05) is 12.1 Å². The van der Waals surface area contributed by atoms with Crippen molar-refractivity contribution in [1.29, 1.82) is 0 Å². The summed E-state index contributed by atoms with van der Waals surface area (Å²) >= 11 is 7.12. The van der Waals surface area contributed by atoms with Gasteiger partial charge in [-0.25, -0.2) is 4.39 Å². The standard InChI is InChI=1S/C15H14Br2FN/c1-9-7-13(16)15(14(17)8-9)19-10(2)11-3-5-12(18)6-4-11/h3-8,10,19H,1-2H3. The summed E-state index contributed by atoms with van der Waals surface area (Å²) in [6.45, 7) is 4.09. The van der Waals surface area contributed by atoms with Crippen LogP contribution in [0.25, 0.3) is 0 Å². The molecule has 0 aliphatic carbocycles. The Morgan fingerprint density at radius 3 is 2.11 bits per heavy atom. The summed E-state index contributed by atoms with van der Waals surface area (Å²) in [4.78, 5) is 0. The monoisotopic (exact) mass is 385 g/mol. The Morgan fingerprint density at radius 2 is 1.58 bits per heavy atom. The molecule has 19 heavy (non-hydrogen) atoms. The van der Waals surface area contributed by atoms with Gasteiger partial charge in [0.2, 0.25) is 0 Å². The molecule has 0 amide bonds. The first-order chi connectivity index (χ1) is 8.97. The molecule has 0 radical (unpaired) electrons. The van der Waals surface area contributed by atoms with Gasteiger partial charge in [-0.2, -0.15) is 0 Å². The lowest BCUT2D eigenvalue weighted by Gasteiger charge is -2.18. The first-order valence-corrected chi connectivity index (χ1v) is 7.53. The smallest absolute Gasteiger partial charge is 0.123 e. The maximum atomic E-state index is 12.9. The molecule has 2 rings (SSSR count). The fourth-order valence-electron chi connectivity index (χ4n) is 1.89. The van der Waals surface area contributed by atoms with Crippen molar-refractivity contribution in [2.75, 3.05) is 5.32 Å². The molecule has 2 aromatic rings. The van der Waals surface area contributed by atoms with E-state index in [-0.39, 0.29) is 11.9 Å². The summed E-state index contributed by atoms with van der Waals surface area (Å²) in [6.07, 6.45) is 0. The second-order valence-electron chi connectivity index (χ2n) is 4.52. The fourth-order valence-corrected chi connectivity index (χ4v) is 3.53. The van der Waals surface area contributed by atoms with Gasteiger partial charge in [0, 0.05) is 15.0 Å². The summed E-state index contributed by atoms with van der Waals surface area (Å²) in [6, 6.07) is 10.8. The van der Waals surface area contributed by atoms with Crippen LogP contribution in [-0.2, 0) is 0 Å². The number of hydrogen-bond donors (Lipinski definition) is 1. The normalized spacial score (nSPS) is 12.3. The Kier molecular flexibility index (Phi) is 4.63. The van der Waals surface area contributed by atoms with Crippen LogP contribution >= 0.6 is 31.9 Å². The number of hydrogen-bond acceptors (Lipinski definition) is 1. The Balaban J connectivity index is 2.24. The van der Waals surface area contributed by atoms with Crippen LogP contribution in [0.4, 0.5) is 10.1 Å². The van der Waals surface area contributed by atoms with Gasteiger partial charge in [0.25, 0.3) is 0 Å². The van der Waals surface area contributed by atoms with Crippen molar-refractivity contribution in [2.45, 2.75) is 19.9 Å². The molecule has 0 aliphatic heterocycles. The molecule has 1 N–H and O–H groups in total. The van der Waals surface area contributed by atoms with Crippen LogP contribution in [0, 0.1) is 12.7 Å². The maximum absolute atomic E-state index is 12.9. The van der Waals surface area contributed by atoms with Crippen molar-refractivity contribution in [3.8, 4) is 0 Å². The minimum atomic E-state index is -0.214. The van der Waals surface area contributed by atoms with Gasteiger partial charge in [0.1, 0.15) is 5.82 Å². The van der Waals surface area contributed by atoms with Crippen molar-refractivity contribution in [3.05, 3.63) is 62.3 Å². The number of benzene rings is 2. The molecule has 1 unspecified atom stereocenters. The minimum Gasteiger partial charge on any atom is -0.377 e. The van der Waals surface area contributed by atoms with Gasteiger partial charge in [0.15, 0.2) is 0 Å². The van der Waals surface area contributed by atoms with Crippen LogP contribution in [0.5, 0.6) is 0 Å². The lowest BCUT2D eigenvalue weighted by atomic mass is 10.1. The van der Waals surface area contributed by atoms with Crippen molar-refractivity contribution in [2.24, 2.45) is 0 Å². The molecule has 4 heteroatoms. The summed E-state index contributed by atoms with van der Waals surface area (Å²) in [5.74, 6) is -0.214. The molecule has 2 aromatic carbocycles. The number of halogens is 3. The molecule has 100 valence electrons. The lowest BCUT2D eigenvalue weighted by Crippen LogP contribution is -2.07. The van der Waals surface area contributed by atoms with Crippen molar-refractivity contribution in [3.63, 3.8) is 0 Å². The molecule has 0 bridgehead atoms. The Bertz CT molecular complexity index is 558. The van der Waals surface area contributed by atoms with Gasteiger partial charge in [-0.15, -0.1) is 0 Å². The highest BCUT2D eigenvalue weighted by Crippen LogP contribution is 2.34. The van der Waals surface area contributed by atoms with Gasteiger partial charge >= 0.3 is 0 Å². The summed E-state index contributed by atoms with van der Waals surface area (Å²) in [5, 5.41) is 3.43. The van der Waals surface area contributed by atoms with Crippen LogP contribution in [0.1, 0.15) is 24.1 Å². The Morgan fingerprint density at radius 1 is 1.05 bits per heavy atom. The summed E-state index contributed by atoms with van der Waals surface area (Å²) < 4.78 is 14.9. The average Bonchev–Trinajstić information content (AvgIpc) is 2.34. The lowest BCUT2D eigenvalue weighted by molar-refractivity contribution is 0.626. The van der Waals surface area contributed by atoms with E-state index in [4.69, 9.17) is 0 Å². The Hall–Kier alpha value is -0.870.